The molecule has 0 amide bonds. The topological polar surface area (TPSA) is 9.23 Å². The van der Waals surface area contributed by atoms with E-state index in [1.165, 1.54) is 38.5 Å². The van der Waals surface area contributed by atoms with Crippen molar-refractivity contribution in [2.45, 2.75) is 52.4 Å². The SMILES string of the molecule is CCCCCOCCCCC.[Sn+2]. The van der Waals surface area contributed by atoms with Crippen LogP contribution in [0, 0.1) is 0 Å². The third-order valence-electron chi connectivity index (χ3n) is 1.78. The maximum Gasteiger partial charge on any atom is 2.00 e. The van der Waals surface area contributed by atoms with Gasteiger partial charge in [0, 0.05) is 13.2 Å². The molecular formula is C10H22OSn+2. The van der Waals surface area contributed by atoms with E-state index >= 15 is 0 Å². The first-order valence-electron chi connectivity index (χ1n) is 4.99. The van der Waals surface area contributed by atoms with Crippen molar-refractivity contribution in [1.82, 2.24) is 0 Å². The normalized spacial score (nSPS) is 9.50. The molecule has 2 radical (unpaired) electrons. The Hall–Kier alpha value is 0.759. The fourth-order valence-electron chi connectivity index (χ4n) is 1.01. The van der Waals surface area contributed by atoms with E-state index in [-0.39, 0.29) is 23.9 Å². The molecule has 0 spiro atoms. The Bertz CT molecular complexity index is 58.9. The molecule has 0 aromatic heterocycles. The summed E-state index contributed by atoms with van der Waals surface area (Å²) >= 11 is 0. The van der Waals surface area contributed by atoms with Gasteiger partial charge in [-0.3, -0.25) is 0 Å². The van der Waals surface area contributed by atoms with Crippen molar-refractivity contribution in [3.8, 4) is 0 Å². The third-order valence-corrected chi connectivity index (χ3v) is 1.78. The summed E-state index contributed by atoms with van der Waals surface area (Å²) in [4.78, 5) is 0. The minimum atomic E-state index is 0. The third kappa shape index (κ3) is 13.4. The van der Waals surface area contributed by atoms with Gasteiger partial charge in [0.15, 0.2) is 0 Å². The van der Waals surface area contributed by atoms with Gasteiger partial charge in [-0.2, -0.15) is 0 Å². The molecule has 0 N–H and O–H groups in total. The number of hydrogen-bond donors (Lipinski definition) is 0. The van der Waals surface area contributed by atoms with Gasteiger partial charge in [-0.15, -0.1) is 0 Å². The van der Waals surface area contributed by atoms with Gasteiger partial charge >= 0.3 is 23.9 Å². The number of unbranched alkanes of at least 4 members (excludes halogenated alkanes) is 4. The van der Waals surface area contributed by atoms with Gasteiger partial charge in [0.2, 0.25) is 0 Å². The predicted molar refractivity (Wildman–Crippen MR) is 55.6 cm³/mol. The van der Waals surface area contributed by atoms with E-state index in [0.29, 0.717) is 0 Å². The molecule has 0 rings (SSSR count). The fraction of sp³-hybridized carbons (Fsp3) is 1.00. The maximum absolute atomic E-state index is 5.44. The largest absolute Gasteiger partial charge is 2.00 e. The van der Waals surface area contributed by atoms with Gasteiger partial charge in [0.25, 0.3) is 0 Å². The summed E-state index contributed by atoms with van der Waals surface area (Å²) in [7, 11) is 0. The van der Waals surface area contributed by atoms with Crippen LogP contribution in [0.4, 0.5) is 0 Å². The summed E-state index contributed by atoms with van der Waals surface area (Å²) in [6.45, 7) is 6.38. The van der Waals surface area contributed by atoms with Gasteiger partial charge < -0.3 is 4.74 Å². The van der Waals surface area contributed by atoms with Crippen LogP contribution < -0.4 is 0 Å². The molecule has 0 heterocycles. The first-order valence-corrected chi connectivity index (χ1v) is 4.99. The van der Waals surface area contributed by atoms with Crippen LogP contribution >= 0.6 is 0 Å². The van der Waals surface area contributed by atoms with E-state index in [0.717, 1.165) is 13.2 Å². The average molecular weight is 277 g/mol. The number of rotatable bonds is 8. The van der Waals surface area contributed by atoms with Crippen LogP contribution in [0.5, 0.6) is 0 Å². The van der Waals surface area contributed by atoms with Crippen molar-refractivity contribution in [3.63, 3.8) is 0 Å². The van der Waals surface area contributed by atoms with Crippen molar-refractivity contribution in [2.75, 3.05) is 13.2 Å². The molecule has 0 atom stereocenters. The zero-order valence-corrected chi connectivity index (χ0v) is 11.4. The van der Waals surface area contributed by atoms with E-state index in [2.05, 4.69) is 13.8 Å². The zero-order valence-electron chi connectivity index (χ0n) is 8.57. The summed E-state index contributed by atoms with van der Waals surface area (Å²) in [5.41, 5.74) is 0. The predicted octanol–water partition coefficient (Wildman–Crippen LogP) is 3.00. The molecule has 0 saturated carbocycles. The quantitative estimate of drug-likeness (QED) is 0.489. The number of ether oxygens (including phenoxy) is 1. The first-order chi connectivity index (χ1) is 5.41. The van der Waals surface area contributed by atoms with Gasteiger partial charge in [0.1, 0.15) is 0 Å². The molecule has 0 aliphatic heterocycles. The minimum absolute atomic E-state index is 0. The molecule has 0 saturated heterocycles. The van der Waals surface area contributed by atoms with E-state index in [1.54, 1.807) is 0 Å². The smallest absolute Gasteiger partial charge is 0.381 e. The van der Waals surface area contributed by atoms with Crippen molar-refractivity contribution in [1.29, 1.82) is 0 Å². The van der Waals surface area contributed by atoms with E-state index in [9.17, 15) is 0 Å². The molecule has 0 fully saturated rings. The fourth-order valence-corrected chi connectivity index (χ4v) is 1.01. The van der Waals surface area contributed by atoms with Gasteiger partial charge in [-0.25, -0.2) is 0 Å². The summed E-state index contributed by atoms with van der Waals surface area (Å²) in [5.74, 6) is 0. The standard InChI is InChI=1S/C10H22O.Sn/c1-3-5-7-9-11-10-8-6-4-2;/h3-10H2,1-2H3;/q;+2. The van der Waals surface area contributed by atoms with Crippen LogP contribution in [0.25, 0.3) is 0 Å². The second-order valence-corrected chi connectivity index (χ2v) is 3.03. The molecule has 0 unspecified atom stereocenters. The molecule has 12 heavy (non-hydrogen) atoms. The molecule has 0 bridgehead atoms. The maximum atomic E-state index is 5.44. The zero-order chi connectivity index (χ0) is 8.36. The van der Waals surface area contributed by atoms with Crippen molar-refractivity contribution in [3.05, 3.63) is 0 Å². The van der Waals surface area contributed by atoms with Crippen molar-refractivity contribution >= 4 is 23.9 Å². The summed E-state index contributed by atoms with van der Waals surface area (Å²) in [6.07, 6.45) is 7.68. The molecule has 0 aromatic rings. The Balaban J connectivity index is 0. The monoisotopic (exact) mass is 278 g/mol. The molecule has 0 aliphatic carbocycles. The van der Waals surface area contributed by atoms with Crippen LogP contribution in [0.1, 0.15) is 52.4 Å². The Morgan fingerprint density at radius 2 is 1.17 bits per heavy atom. The average Bonchev–Trinajstić information content (AvgIpc) is 2.03. The molecule has 1 nitrogen and oxygen atoms in total. The molecular weight excluding hydrogens is 255 g/mol. The summed E-state index contributed by atoms with van der Waals surface area (Å²) < 4.78 is 5.44. The minimum Gasteiger partial charge on any atom is -0.381 e. The van der Waals surface area contributed by atoms with Crippen molar-refractivity contribution in [2.24, 2.45) is 0 Å². The Labute approximate surface area is 94.2 Å². The molecule has 0 aliphatic rings. The van der Waals surface area contributed by atoms with Crippen LogP contribution in [0.3, 0.4) is 0 Å². The Morgan fingerprint density at radius 1 is 0.750 bits per heavy atom. The summed E-state index contributed by atoms with van der Waals surface area (Å²) in [6, 6.07) is 0. The second-order valence-electron chi connectivity index (χ2n) is 3.03. The van der Waals surface area contributed by atoms with Crippen LogP contribution in [-0.2, 0) is 4.74 Å². The van der Waals surface area contributed by atoms with Gasteiger partial charge in [-0.05, 0) is 12.8 Å². The molecule has 70 valence electrons. The van der Waals surface area contributed by atoms with Crippen LogP contribution in [0.15, 0.2) is 0 Å². The van der Waals surface area contributed by atoms with E-state index < -0.39 is 0 Å². The Morgan fingerprint density at radius 3 is 1.50 bits per heavy atom. The molecule has 2 heteroatoms. The van der Waals surface area contributed by atoms with Crippen LogP contribution in [0.2, 0.25) is 0 Å². The van der Waals surface area contributed by atoms with E-state index in [1.807, 2.05) is 0 Å². The van der Waals surface area contributed by atoms with Gasteiger partial charge in [-0.1, -0.05) is 39.5 Å². The second kappa shape index (κ2) is 14.3. The first kappa shape index (κ1) is 15.2. The van der Waals surface area contributed by atoms with E-state index in [4.69, 9.17) is 4.74 Å². The van der Waals surface area contributed by atoms with Crippen molar-refractivity contribution < 1.29 is 4.74 Å². The Kier molecular flexibility index (Phi) is 18.2. The summed E-state index contributed by atoms with van der Waals surface area (Å²) in [5, 5.41) is 0. The van der Waals surface area contributed by atoms with Gasteiger partial charge in [0.05, 0.1) is 0 Å². The van der Waals surface area contributed by atoms with Crippen LogP contribution in [-0.4, -0.2) is 37.1 Å². The number of hydrogen-bond acceptors (Lipinski definition) is 1. The molecule has 0 aromatic carbocycles.